The average molecular weight is 442 g/mol. The summed E-state index contributed by atoms with van der Waals surface area (Å²) < 4.78 is 12.2. The summed E-state index contributed by atoms with van der Waals surface area (Å²) in [6, 6.07) is 13.2. The molecule has 1 amide bonds. The first kappa shape index (κ1) is 23.0. The number of likely N-dealkylation sites (N-methyl/N-ethyl adjacent to an activating group) is 1. The van der Waals surface area contributed by atoms with E-state index in [1.54, 1.807) is 12.0 Å². The van der Waals surface area contributed by atoms with E-state index in [-0.39, 0.29) is 5.91 Å². The van der Waals surface area contributed by atoms with Crippen LogP contribution in [0.15, 0.2) is 42.5 Å². The van der Waals surface area contributed by atoms with E-state index in [1.165, 1.54) is 11.3 Å². The minimum absolute atomic E-state index is 0.0770. The molecule has 3 rings (SSSR count). The summed E-state index contributed by atoms with van der Waals surface area (Å²) in [5.74, 6) is 1.40. The largest absolute Gasteiger partial charge is 0.497 e. The Balaban J connectivity index is 1.85. The summed E-state index contributed by atoms with van der Waals surface area (Å²) in [6.07, 6.45) is 3.30. The molecule has 1 heterocycles. The van der Waals surface area contributed by atoms with Gasteiger partial charge < -0.3 is 14.4 Å². The molecule has 0 atom stereocenters. The second-order valence-electron chi connectivity index (χ2n) is 7.67. The molecule has 2 aromatic carbocycles. The molecule has 7 heteroatoms. The van der Waals surface area contributed by atoms with Crippen molar-refractivity contribution in [2.24, 2.45) is 0 Å². The Morgan fingerprint density at radius 3 is 2.65 bits per heavy atom. The standard InChI is InChI=1S/C24H31N3O3S/c1-5-6-7-15-30-20-10-8-9-18(16-20)23(28)27(14-13-26(2)3)24-25-21-17-19(29-4)11-12-22(21)31-24/h8-12,16-17H,5-7,13-15H2,1-4H3. The summed E-state index contributed by atoms with van der Waals surface area (Å²) in [6.45, 7) is 4.11. The molecule has 0 saturated heterocycles. The number of fused-ring (bicyclic) bond motifs is 1. The van der Waals surface area contributed by atoms with Crippen molar-refractivity contribution in [2.75, 3.05) is 45.8 Å². The summed E-state index contributed by atoms with van der Waals surface area (Å²) >= 11 is 1.51. The zero-order valence-corrected chi connectivity index (χ0v) is 19.6. The predicted molar refractivity (Wildman–Crippen MR) is 128 cm³/mol. The molecule has 166 valence electrons. The fraction of sp³-hybridized carbons (Fsp3) is 0.417. The van der Waals surface area contributed by atoms with Gasteiger partial charge in [-0.3, -0.25) is 9.69 Å². The highest BCUT2D eigenvalue weighted by Crippen LogP contribution is 2.32. The van der Waals surface area contributed by atoms with Crippen LogP contribution in [0.4, 0.5) is 5.13 Å². The van der Waals surface area contributed by atoms with Crippen LogP contribution in [0, 0.1) is 0 Å². The van der Waals surface area contributed by atoms with Gasteiger partial charge in [0.25, 0.3) is 5.91 Å². The van der Waals surface area contributed by atoms with Crippen LogP contribution in [0.25, 0.3) is 10.2 Å². The Hall–Kier alpha value is -2.64. The van der Waals surface area contributed by atoms with E-state index in [9.17, 15) is 4.79 Å². The van der Waals surface area contributed by atoms with E-state index in [2.05, 4.69) is 11.8 Å². The molecular formula is C24H31N3O3S. The zero-order valence-electron chi connectivity index (χ0n) is 18.8. The number of benzene rings is 2. The molecule has 0 radical (unpaired) electrons. The lowest BCUT2D eigenvalue weighted by Gasteiger charge is -2.22. The highest BCUT2D eigenvalue weighted by molar-refractivity contribution is 7.22. The van der Waals surface area contributed by atoms with Crippen molar-refractivity contribution >= 4 is 32.6 Å². The number of nitrogens with zero attached hydrogens (tertiary/aromatic N) is 3. The van der Waals surface area contributed by atoms with Crippen LogP contribution in [-0.4, -0.2) is 56.7 Å². The summed E-state index contributed by atoms with van der Waals surface area (Å²) in [4.78, 5) is 22.0. The predicted octanol–water partition coefficient (Wildman–Crippen LogP) is 5.08. The molecule has 3 aromatic rings. The number of carbonyl (C=O) groups excluding carboxylic acids is 1. The molecule has 1 aromatic heterocycles. The van der Waals surface area contributed by atoms with E-state index in [0.29, 0.717) is 23.8 Å². The molecule has 0 aliphatic heterocycles. The van der Waals surface area contributed by atoms with Crippen molar-refractivity contribution < 1.29 is 14.3 Å². The summed E-state index contributed by atoms with van der Waals surface area (Å²) in [5, 5.41) is 0.685. The third-order valence-electron chi connectivity index (χ3n) is 4.93. The zero-order chi connectivity index (χ0) is 22.2. The first-order valence-corrected chi connectivity index (χ1v) is 11.5. The molecule has 0 unspecified atom stereocenters. The van der Waals surface area contributed by atoms with Gasteiger partial charge >= 0.3 is 0 Å². The highest BCUT2D eigenvalue weighted by Gasteiger charge is 2.22. The minimum Gasteiger partial charge on any atom is -0.497 e. The average Bonchev–Trinajstić information content (AvgIpc) is 3.19. The number of methoxy groups -OCH3 is 1. The second-order valence-corrected chi connectivity index (χ2v) is 8.68. The molecule has 0 spiro atoms. The topological polar surface area (TPSA) is 54.9 Å². The number of ether oxygens (including phenoxy) is 2. The van der Waals surface area contributed by atoms with Crippen molar-refractivity contribution in [1.82, 2.24) is 9.88 Å². The van der Waals surface area contributed by atoms with Crippen LogP contribution in [0.1, 0.15) is 36.5 Å². The first-order chi connectivity index (χ1) is 15.0. The molecule has 31 heavy (non-hydrogen) atoms. The van der Waals surface area contributed by atoms with Gasteiger partial charge in [-0.25, -0.2) is 4.98 Å². The maximum Gasteiger partial charge on any atom is 0.260 e. The van der Waals surface area contributed by atoms with Gasteiger partial charge in [0, 0.05) is 24.7 Å². The molecule has 0 saturated carbocycles. The van der Waals surface area contributed by atoms with E-state index in [0.717, 1.165) is 47.5 Å². The van der Waals surface area contributed by atoms with Gasteiger partial charge in [0.05, 0.1) is 23.9 Å². The van der Waals surface area contributed by atoms with Gasteiger partial charge in [0.15, 0.2) is 5.13 Å². The Labute approximate surface area is 188 Å². The Bertz CT molecular complexity index is 1000. The number of thiazole rings is 1. The fourth-order valence-electron chi connectivity index (χ4n) is 3.14. The smallest absolute Gasteiger partial charge is 0.260 e. The SMILES string of the molecule is CCCCCOc1cccc(C(=O)N(CCN(C)C)c2nc3cc(OC)ccc3s2)c1. The number of carbonyl (C=O) groups is 1. The highest BCUT2D eigenvalue weighted by atomic mass is 32.1. The van der Waals surface area contributed by atoms with Gasteiger partial charge in [-0.15, -0.1) is 0 Å². The van der Waals surface area contributed by atoms with Crippen molar-refractivity contribution in [1.29, 1.82) is 0 Å². The first-order valence-electron chi connectivity index (χ1n) is 10.7. The normalized spacial score (nSPS) is 11.1. The molecule has 6 nitrogen and oxygen atoms in total. The number of anilines is 1. The maximum absolute atomic E-state index is 13.5. The number of amides is 1. The van der Waals surface area contributed by atoms with Crippen LogP contribution >= 0.6 is 11.3 Å². The van der Waals surface area contributed by atoms with Gasteiger partial charge in [-0.05, 0) is 50.8 Å². The third kappa shape index (κ3) is 6.18. The van der Waals surface area contributed by atoms with Crippen LogP contribution < -0.4 is 14.4 Å². The van der Waals surface area contributed by atoms with Crippen LogP contribution in [0.5, 0.6) is 11.5 Å². The molecule has 0 bridgehead atoms. The number of hydrogen-bond donors (Lipinski definition) is 0. The third-order valence-corrected chi connectivity index (χ3v) is 5.99. The number of rotatable bonds is 11. The van der Waals surface area contributed by atoms with Crippen LogP contribution in [-0.2, 0) is 0 Å². The summed E-state index contributed by atoms with van der Waals surface area (Å²) in [7, 11) is 5.63. The van der Waals surface area contributed by atoms with Crippen molar-refractivity contribution in [3.8, 4) is 11.5 Å². The Morgan fingerprint density at radius 1 is 1.06 bits per heavy atom. The van der Waals surface area contributed by atoms with E-state index < -0.39 is 0 Å². The van der Waals surface area contributed by atoms with Crippen LogP contribution in [0.3, 0.4) is 0 Å². The Kier molecular flexibility index (Phi) is 8.26. The number of unbranched alkanes of at least 4 members (excludes halogenated alkanes) is 2. The lowest BCUT2D eigenvalue weighted by atomic mass is 10.2. The van der Waals surface area contributed by atoms with Crippen LogP contribution in [0.2, 0.25) is 0 Å². The lowest BCUT2D eigenvalue weighted by Crippen LogP contribution is -2.36. The van der Waals surface area contributed by atoms with Crippen molar-refractivity contribution in [3.63, 3.8) is 0 Å². The minimum atomic E-state index is -0.0770. The maximum atomic E-state index is 13.5. The van der Waals surface area contributed by atoms with Crippen molar-refractivity contribution in [3.05, 3.63) is 48.0 Å². The summed E-state index contributed by atoms with van der Waals surface area (Å²) in [5.41, 5.74) is 1.43. The number of hydrogen-bond acceptors (Lipinski definition) is 6. The van der Waals surface area contributed by atoms with Crippen molar-refractivity contribution in [2.45, 2.75) is 26.2 Å². The lowest BCUT2D eigenvalue weighted by molar-refractivity contribution is 0.0984. The molecular weight excluding hydrogens is 410 g/mol. The van der Waals surface area contributed by atoms with E-state index in [1.807, 2.05) is 56.6 Å². The van der Waals surface area contributed by atoms with Gasteiger partial charge in [-0.2, -0.15) is 0 Å². The fourth-order valence-corrected chi connectivity index (χ4v) is 4.11. The van der Waals surface area contributed by atoms with Gasteiger partial charge in [0.2, 0.25) is 0 Å². The Morgan fingerprint density at radius 2 is 1.90 bits per heavy atom. The molecule has 0 aliphatic rings. The molecule has 0 fully saturated rings. The van der Waals surface area contributed by atoms with Gasteiger partial charge in [-0.1, -0.05) is 37.2 Å². The molecule has 0 N–H and O–H groups in total. The second kappa shape index (κ2) is 11.1. The van der Waals surface area contributed by atoms with Gasteiger partial charge in [0.1, 0.15) is 11.5 Å². The number of aromatic nitrogens is 1. The van der Waals surface area contributed by atoms with E-state index >= 15 is 0 Å². The quantitative estimate of drug-likeness (QED) is 0.388. The molecule has 0 aliphatic carbocycles. The monoisotopic (exact) mass is 441 g/mol. The van der Waals surface area contributed by atoms with E-state index in [4.69, 9.17) is 14.5 Å².